The Morgan fingerprint density at radius 2 is 2.10 bits per heavy atom. The zero-order valence-corrected chi connectivity index (χ0v) is 12.3. The number of nitrogens with zero attached hydrogens (tertiary/aromatic N) is 3. The molecule has 2 rings (SSSR count). The lowest BCUT2D eigenvalue weighted by Gasteiger charge is -2.23. The normalized spacial score (nSPS) is 20.7. The summed E-state index contributed by atoms with van der Waals surface area (Å²) >= 11 is 0. The molecular weight excluding hydrogens is 254 g/mol. The maximum Gasteiger partial charge on any atom is 0.219 e. The van der Waals surface area contributed by atoms with Crippen LogP contribution >= 0.6 is 0 Å². The molecule has 5 nitrogen and oxygen atoms in total. The van der Waals surface area contributed by atoms with E-state index in [1.54, 1.807) is 14.0 Å². The summed E-state index contributed by atoms with van der Waals surface area (Å²) in [6.45, 7) is 6.67. The number of carbonyl (C=O) groups excluding carboxylic acids is 1. The SMILES string of the molecule is COC[C@H]1CN(Cc2ccncc2)CCN(C(C)=O)C1. The molecule has 1 fully saturated rings. The lowest BCUT2D eigenvalue weighted by Crippen LogP contribution is -2.35. The van der Waals surface area contributed by atoms with Gasteiger partial charge in [-0.25, -0.2) is 0 Å². The Hall–Kier alpha value is -1.46. The summed E-state index contributed by atoms with van der Waals surface area (Å²) in [6, 6.07) is 4.08. The first kappa shape index (κ1) is 14.9. The van der Waals surface area contributed by atoms with Crippen LogP contribution in [-0.4, -0.2) is 60.6 Å². The summed E-state index contributed by atoms with van der Waals surface area (Å²) < 4.78 is 5.29. The number of hydrogen-bond acceptors (Lipinski definition) is 4. The van der Waals surface area contributed by atoms with E-state index in [0.29, 0.717) is 12.5 Å². The van der Waals surface area contributed by atoms with E-state index in [4.69, 9.17) is 4.74 Å². The first-order valence-corrected chi connectivity index (χ1v) is 7.04. The fourth-order valence-electron chi connectivity index (χ4n) is 2.70. The minimum atomic E-state index is 0.150. The van der Waals surface area contributed by atoms with E-state index in [1.165, 1.54) is 5.56 Å². The molecule has 0 aliphatic carbocycles. The topological polar surface area (TPSA) is 45.7 Å². The van der Waals surface area contributed by atoms with Crippen LogP contribution in [0.3, 0.4) is 0 Å². The lowest BCUT2D eigenvalue weighted by molar-refractivity contribution is -0.129. The number of pyridine rings is 1. The molecule has 0 bridgehead atoms. The third kappa shape index (κ3) is 4.28. The summed E-state index contributed by atoms with van der Waals surface area (Å²) in [5.41, 5.74) is 1.26. The fourth-order valence-corrected chi connectivity index (χ4v) is 2.70. The molecule has 0 spiro atoms. The van der Waals surface area contributed by atoms with Gasteiger partial charge in [-0.05, 0) is 17.7 Å². The Kier molecular flexibility index (Phi) is 5.49. The van der Waals surface area contributed by atoms with E-state index < -0.39 is 0 Å². The van der Waals surface area contributed by atoms with Crippen molar-refractivity contribution < 1.29 is 9.53 Å². The van der Waals surface area contributed by atoms with Crippen LogP contribution < -0.4 is 0 Å². The molecule has 1 aliphatic heterocycles. The van der Waals surface area contributed by atoms with Gasteiger partial charge in [0.1, 0.15) is 0 Å². The monoisotopic (exact) mass is 277 g/mol. The van der Waals surface area contributed by atoms with E-state index in [2.05, 4.69) is 9.88 Å². The average molecular weight is 277 g/mol. The van der Waals surface area contributed by atoms with Gasteiger partial charge >= 0.3 is 0 Å². The number of ether oxygens (including phenoxy) is 1. The smallest absolute Gasteiger partial charge is 0.219 e. The van der Waals surface area contributed by atoms with Crippen LogP contribution in [0.2, 0.25) is 0 Å². The Morgan fingerprint density at radius 1 is 1.35 bits per heavy atom. The first-order chi connectivity index (χ1) is 9.69. The van der Waals surface area contributed by atoms with Crippen LogP contribution in [0.1, 0.15) is 12.5 Å². The van der Waals surface area contributed by atoms with E-state index in [1.807, 2.05) is 29.4 Å². The predicted octanol–water partition coefficient (Wildman–Crippen LogP) is 1.01. The molecule has 0 unspecified atom stereocenters. The van der Waals surface area contributed by atoms with Gasteiger partial charge in [-0.2, -0.15) is 0 Å². The Balaban J connectivity index is 2.00. The van der Waals surface area contributed by atoms with Crippen LogP contribution in [0.4, 0.5) is 0 Å². The van der Waals surface area contributed by atoms with Crippen molar-refractivity contribution in [2.24, 2.45) is 5.92 Å². The van der Waals surface area contributed by atoms with Gasteiger partial charge in [0.05, 0.1) is 6.61 Å². The van der Waals surface area contributed by atoms with Gasteiger partial charge in [0.15, 0.2) is 0 Å². The highest BCUT2D eigenvalue weighted by Crippen LogP contribution is 2.13. The summed E-state index contributed by atoms with van der Waals surface area (Å²) in [5.74, 6) is 0.519. The molecule has 5 heteroatoms. The quantitative estimate of drug-likeness (QED) is 0.824. The Morgan fingerprint density at radius 3 is 2.75 bits per heavy atom. The summed E-state index contributed by atoms with van der Waals surface area (Å²) in [4.78, 5) is 20.0. The highest BCUT2D eigenvalue weighted by molar-refractivity contribution is 5.73. The molecule has 0 aromatic carbocycles. The standard InChI is InChI=1S/C15H23N3O2/c1-13(19)18-8-7-17(10-15(11-18)12-20-2)9-14-3-5-16-6-4-14/h3-6,15H,7-12H2,1-2H3/t15-/m0/s1. The van der Waals surface area contributed by atoms with Gasteiger partial charge in [-0.3, -0.25) is 14.7 Å². The summed E-state index contributed by atoms with van der Waals surface area (Å²) in [5, 5.41) is 0. The van der Waals surface area contributed by atoms with E-state index in [0.717, 1.165) is 32.7 Å². The molecule has 1 saturated heterocycles. The van der Waals surface area contributed by atoms with Gasteiger partial charge in [-0.15, -0.1) is 0 Å². The number of rotatable bonds is 4. The van der Waals surface area contributed by atoms with E-state index in [-0.39, 0.29) is 5.91 Å². The largest absolute Gasteiger partial charge is 0.384 e. The lowest BCUT2D eigenvalue weighted by atomic mass is 10.1. The minimum Gasteiger partial charge on any atom is -0.384 e. The highest BCUT2D eigenvalue weighted by atomic mass is 16.5. The highest BCUT2D eigenvalue weighted by Gasteiger charge is 2.24. The predicted molar refractivity (Wildman–Crippen MR) is 77.1 cm³/mol. The second kappa shape index (κ2) is 7.36. The van der Waals surface area contributed by atoms with Crippen molar-refractivity contribution in [3.8, 4) is 0 Å². The van der Waals surface area contributed by atoms with Crippen molar-refractivity contribution in [3.63, 3.8) is 0 Å². The summed E-state index contributed by atoms with van der Waals surface area (Å²) in [6.07, 6.45) is 3.64. The molecular formula is C15H23N3O2. The number of aromatic nitrogens is 1. The Bertz CT molecular complexity index is 424. The van der Waals surface area contributed by atoms with E-state index in [9.17, 15) is 4.79 Å². The number of hydrogen-bond donors (Lipinski definition) is 0. The van der Waals surface area contributed by atoms with Gasteiger partial charge < -0.3 is 9.64 Å². The third-order valence-corrected chi connectivity index (χ3v) is 3.68. The average Bonchev–Trinajstić information content (AvgIpc) is 2.63. The molecule has 20 heavy (non-hydrogen) atoms. The molecule has 0 N–H and O–H groups in total. The molecule has 1 aliphatic rings. The molecule has 0 radical (unpaired) electrons. The minimum absolute atomic E-state index is 0.150. The molecule has 1 aromatic rings. The number of methoxy groups -OCH3 is 1. The van der Waals surface area contributed by atoms with Crippen LogP contribution in [0.15, 0.2) is 24.5 Å². The second-order valence-electron chi connectivity index (χ2n) is 5.38. The van der Waals surface area contributed by atoms with Gasteiger partial charge in [0, 0.05) is 65.1 Å². The zero-order chi connectivity index (χ0) is 14.4. The maximum atomic E-state index is 11.6. The molecule has 110 valence electrons. The Labute approximate surface area is 120 Å². The van der Waals surface area contributed by atoms with E-state index >= 15 is 0 Å². The van der Waals surface area contributed by atoms with Crippen LogP contribution in [0, 0.1) is 5.92 Å². The van der Waals surface area contributed by atoms with Crippen molar-refractivity contribution in [1.82, 2.24) is 14.8 Å². The van der Waals surface area contributed by atoms with Crippen LogP contribution in [0.5, 0.6) is 0 Å². The number of amides is 1. The fraction of sp³-hybridized carbons (Fsp3) is 0.600. The van der Waals surface area contributed by atoms with Gasteiger partial charge in [0.2, 0.25) is 5.91 Å². The second-order valence-corrected chi connectivity index (χ2v) is 5.38. The first-order valence-electron chi connectivity index (χ1n) is 7.04. The van der Waals surface area contributed by atoms with Gasteiger partial charge in [-0.1, -0.05) is 0 Å². The van der Waals surface area contributed by atoms with Crippen molar-refractivity contribution in [1.29, 1.82) is 0 Å². The number of carbonyl (C=O) groups is 1. The molecule has 1 atom stereocenters. The molecule has 1 aromatic heterocycles. The van der Waals surface area contributed by atoms with Crippen LogP contribution in [-0.2, 0) is 16.1 Å². The van der Waals surface area contributed by atoms with Crippen molar-refractivity contribution in [2.45, 2.75) is 13.5 Å². The van der Waals surface area contributed by atoms with Crippen molar-refractivity contribution in [3.05, 3.63) is 30.1 Å². The maximum absolute atomic E-state index is 11.6. The molecule has 0 saturated carbocycles. The van der Waals surface area contributed by atoms with Crippen LogP contribution in [0.25, 0.3) is 0 Å². The van der Waals surface area contributed by atoms with Gasteiger partial charge in [0.25, 0.3) is 0 Å². The molecule has 1 amide bonds. The summed E-state index contributed by atoms with van der Waals surface area (Å²) in [7, 11) is 1.72. The molecule has 2 heterocycles. The third-order valence-electron chi connectivity index (χ3n) is 3.68. The zero-order valence-electron chi connectivity index (χ0n) is 12.3. The van der Waals surface area contributed by atoms with Crippen molar-refractivity contribution >= 4 is 5.91 Å². The van der Waals surface area contributed by atoms with Crippen molar-refractivity contribution in [2.75, 3.05) is 39.9 Å².